The number of thiazole rings is 1. The Bertz CT molecular complexity index is 907. The molecule has 1 saturated heterocycles. The summed E-state index contributed by atoms with van der Waals surface area (Å²) in [4.78, 5) is 8.85. The maximum absolute atomic E-state index is 6.01. The summed E-state index contributed by atoms with van der Waals surface area (Å²) in [7, 11) is 4.08. The molecule has 3 aromatic rings. The highest BCUT2D eigenvalue weighted by atomic mass is 32.1. The summed E-state index contributed by atoms with van der Waals surface area (Å²) < 4.78 is 7.17. The van der Waals surface area contributed by atoms with E-state index in [1.165, 1.54) is 11.3 Å². The first-order valence-corrected chi connectivity index (χ1v) is 9.45. The van der Waals surface area contributed by atoms with Crippen LogP contribution in [0, 0.1) is 0 Å². The molecule has 0 aliphatic carbocycles. The summed E-state index contributed by atoms with van der Waals surface area (Å²) in [5.41, 5.74) is 3.34. The van der Waals surface area contributed by atoms with Gasteiger partial charge in [-0.15, -0.1) is 0 Å². The molecule has 1 aromatic heterocycles. The maximum atomic E-state index is 6.01. The van der Waals surface area contributed by atoms with Crippen molar-refractivity contribution < 1.29 is 4.74 Å². The van der Waals surface area contributed by atoms with Gasteiger partial charge in [0.2, 0.25) is 0 Å². The molecule has 1 unspecified atom stereocenters. The van der Waals surface area contributed by atoms with E-state index in [1.54, 1.807) is 11.3 Å². The average Bonchev–Trinajstić information content (AvgIpc) is 3.05. The number of nitrogens with zero attached hydrogens (tertiary/aromatic N) is 3. The molecule has 1 aliphatic rings. The average molecular weight is 370 g/mol. The molecule has 6 heteroatoms. The Morgan fingerprint density at radius 3 is 2.72 bits per heavy atom. The second-order valence-corrected chi connectivity index (χ2v) is 7.62. The molecular formula is C19H19N3OS2. The van der Waals surface area contributed by atoms with Gasteiger partial charge in [0, 0.05) is 32.7 Å². The highest BCUT2D eigenvalue weighted by Gasteiger charge is 2.28. The van der Waals surface area contributed by atoms with Gasteiger partial charge in [0.1, 0.15) is 6.10 Å². The third kappa shape index (κ3) is 3.19. The third-order valence-electron chi connectivity index (χ3n) is 4.36. The van der Waals surface area contributed by atoms with Crippen LogP contribution in [-0.2, 0) is 4.74 Å². The van der Waals surface area contributed by atoms with Crippen LogP contribution in [0.25, 0.3) is 10.2 Å². The predicted molar refractivity (Wildman–Crippen MR) is 109 cm³/mol. The van der Waals surface area contributed by atoms with Gasteiger partial charge < -0.3 is 9.64 Å². The van der Waals surface area contributed by atoms with Crippen molar-refractivity contribution in [2.24, 2.45) is 0 Å². The third-order valence-corrected chi connectivity index (χ3v) is 5.72. The number of ether oxygens (including phenoxy) is 1. The SMILES string of the molecule is CN(C)c1ccc2nc(N3CCC(c4ccccc4)OC3=S)sc2c1. The molecule has 0 amide bonds. The van der Waals surface area contributed by atoms with Crippen molar-refractivity contribution in [2.45, 2.75) is 12.5 Å². The highest BCUT2D eigenvalue weighted by molar-refractivity contribution is 7.80. The normalized spacial score (nSPS) is 17.6. The quantitative estimate of drug-likeness (QED) is 0.629. The van der Waals surface area contributed by atoms with Gasteiger partial charge in [-0.3, -0.25) is 4.90 Å². The van der Waals surface area contributed by atoms with Gasteiger partial charge in [-0.25, -0.2) is 4.98 Å². The Morgan fingerprint density at radius 1 is 1.20 bits per heavy atom. The van der Waals surface area contributed by atoms with E-state index in [4.69, 9.17) is 21.9 Å². The number of hydrogen-bond acceptors (Lipinski definition) is 5. The lowest BCUT2D eigenvalue weighted by Crippen LogP contribution is -2.38. The van der Waals surface area contributed by atoms with Crippen LogP contribution in [-0.4, -0.2) is 30.8 Å². The molecule has 0 radical (unpaired) electrons. The molecule has 4 rings (SSSR count). The number of anilines is 2. The van der Waals surface area contributed by atoms with E-state index < -0.39 is 0 Å². The monoisotopic (exact) mass is 369 g/mol. The largest absolute Gasteiger partial charge is 0.462 e. The molecule has 2 aromatic carbocycles. The molecule has 0 bridgehead atoms. The molecule has 1 aliphatic heterocycles. The summed E-state index contributed by atoms with van der Waals surface area (Å²) in [5, 5.41) is 1.41. The zero-order valence-corrected chi connectivity index (χ0v) is 15.8. The van der Waals surface area contributed by atoms with Crippen molar-refractivity contribution in [1.82, 2.24) is 4.98 Å². The summed E-state index contributed by atoms with van der Waals surface area (Å²) in [6.45, 7) is 0.818. The Balaban J connectivity index is 1.56. The first-order chi connectivity index (χ1) is 12.1. The van der Waals surface area contributed by atoms with Crippen molar-refractivity contribution in [2.75, 3.05) is 30.4 Å². The lowest BCUT2D eigenvalue weighted by Gasteiger charge is -2.32. The summed E-state index contributed by atoms with van der Waals surface area (Å²) >= 11 is 7.18. The first kappa shape index (κ1) is 16.3. The Kier molecular flexibility index (Phi) is 4.31. The molecule has 4 nitrogen and oxygen atoms in total. The van der Waals surface area contributed by atoms with E-state index in [-0.39, 0.29) is 6.10 Å². The van der Waals surface area contributed by atoms with Gasteiger partial charge in [-0.05, 0) is 36.0 Å². The van der Waals surface area contributed by atoms with E-state index in [2.05, 4.69) is 35.2 Å². The second kappa shape index (κ2) is 6.61. The number of fused-ring (bicyclic) bond motifs is 1. The van der Waals surface area contributed by atoms with Crippen LogP contribution in [0.3, 0.4) is 0 Å². The maximum Gasteiger partial charge on any atom is 0.266 e. The van der Waals surface area contributed by atoms with Gasteiger partial charge >= 0.3 is 0 Å². The van der Waals surface area contributed by atoms with Gasteiger partial charge in [0.15, 0.2) is 5.13 Å². The standard InChI is InChI=1S/C19H19N3OS2/c1-21(2)14-8-9-15-17(12-14)25-18(20-15)22-11-10-16(23-19(22)24)13-6-4-3-5-7-13/h3-9,12,16H,10-11H2,1-2H3. The number of hydrogen-bond donors (Lipinski definition) is 0. The topological polar surface area (TPSA) is 28.6 Å². The minimum absolute atomic E-state index is 0.0275. The zero-order chi connectivity index (χ0) is 17.4. The number of rotatable bonds is 3. The number of thiocarbonyl (C=S) groups is 1. The molecular weight excluding hydrogens is 350 g/mol. The lowest BCUT2D eigenvalue weighted by molar-refractivity contribution is 0.166. The van der Waals surface area contributed by atoms with E-state index in [1.807, 2.05) is 37.2 Å². The zero-order valence-electron chi connectivity index (χ0n) is 14.2. The molecule has 1 atom stereocenters. The van der Waals surface area contributed by atoms with Crippen molar-refractivity contribution in [3.63, 3.8) is 0 Å². The fraction of sp³-hybridized carbons (Fsp3) is 0.263. The van der Waals surface area contributed by atoms with Crippen LogP contribution in [0.15, 0.2) is 48.5 Å². The number of aromatic nitrogens is 1. The van der Waals surface area contributed by atoms with E-state index in [0.717, 1.165) is 28.3 Å². The fourth-order valence-electron chi connectivity index (χ4n) is 2.95. The van der Waals surface area contributed by atoms with Crippen LogP contribution >= 0.6 is 23.6 Å². The Morgan fingerprint density at radius 2 is 2.00 bits per heavy atom. The van der Waals surface area contributed by atoms with Crippen LogP contribution in [0.4, 0.5) is 10.8 Å². The highest BCUT2D eigenvalue weighted by Crippen LogP contribution is 2.35. The molecule has 0 saturated carbocycles. The van der Waals surface area contributed by atoms with Gasteiger partial charge in [-0.1, -0.05) is 41.7 Å². The molecule has 0 spiro atoms. The summed E-state index contributed by atoms with van der Waals surface area (Å²) in [6.07, 6.45) is 0.919. The molecule has 0 N–H and O–H groups in total. The Hall–Kier alpha value is -2.18. The van der Waals surface area contributed by atoms with Crippen molar-refractivity contribution >= 4 is 49.8 Å². The van der Waals surface area contributed by atoms with E-state index in [0.29, 0.717) is 5.17 Å². The minimum Gasteiger partial charge on any atom is -0.462 e. The van der Waals surface area contributed by atoms with Crippen LogP contribution in [0.5, 0.6) is 0 Å². The van der Waals surface area contributed by atoms with Crippen LogP contribution < -0.4 is 9.80 Å². The minimum atomic E-state index is 0.0275. The lowest BCUT2D eigenvalue weighted by atomic mass is 10.1. The van der Waals surface area contributed by atoms with Crippen molar-refractivity contribution in [3.8, 4) is 0 Å². The van der Waals surface area contributed by atoms with E-state index >= 15 is 0 Å². The van der Waals surface area contributed by atoms with Crippen LogP contribution in [0.2, 0.25) is 0 Å². The van der Waals surface area contributed by atoms with Crippen molar-refractivity contribution in [1.29, 1.82) is 0 Å². The molecule has 2 heterocycles. The number of benzene rings is 2. The van der Waals surface area contributed by atoms with Gasteiger partial charge in [0.05, 0.1) is 10.2 Å². The van der Waals surface area contributed by atoms with Gasteiger partial charge in [-0.2, -0.15) is 0 Å². The fourth-order valence-corrected chi connectivity index (χ4v) is 4.33. The molecule has 1 fully saturated rings. The van der Waals surface area contributed by atoms with E-state index in [9.17, 15) is 0 Å². The molecule has 25 heavy (non-hydrogen) atoms. The predicted octanol–water partition coefficient (Wildman–Crippen LogP) is 4.62. The van der Waals surface area contributed by atoms with Crippen LogP contribution in [0.1, 0.15) is 18.1 Å². The van der Waals surface area contributed by atoms with Gasteiger partial charge in [0.25, 0.3) is 5.17 Å². The summed E-state index contributed by atoms with van der Waals surface area (Å²) in [6, 6.07) is 16.6. The second-order valence-electron chi connectivity index (χ2n) is 6.27. The Labute approximate surface area is 156 Å². The first-order valence-electron chi connectivity index (χ1n) is 8.23. The van der Waals surface area contributed by atoms with Crippen molar-refractivity contribution in [3.05, 3.63) is 54.1 Å². The summed E-state index contributed by atoms with van der Waals surface area (Å²) in [5.74, 6) is 0. The molecule has 128 valence electrons. The smallest absolute Gasteiger partial charge is 0.266 e.